The molecule has 38 heavy (non-hydrogen) atoms. The molecule has 8 nitrogen and oxygen atoms in total. The average molecular weight is 601 g/mol. The zero-order chi connectivity index (χ0) is 27.3. The first-order chi connectivity index (χ1) is 18.2. The first-order valence-electron chi connectivity index (χ1n) is 12.5. The van der Waals surface area contributed by atoms with Gasteiger partial charge in [-0.1, -0.05) is 54.0 Å². The van der Waals surface area contributed by atoms with Crippen molar-refractivity contribution in [2.24, 2.45) is 0 Å². The summed E-state index contributed by atoms with van der Waals surface area (Å²) in [7, 11) is -3.81. The Kier molecular flexibility index (Phi) is 8.86. The highest BCUT2D eigenvalue weighted by Crippen LogP contribution is 2.33. The average Bonchev–Trinajstić information content (AvgIpc) is 3.13. The number of amides is 2. The summed E-state index contributed by atoms with van der Waals surface area (Å²) in [4.78, 5) is 27.9. The molecule has 0 unspecified atom stereocenters. The van der Waals surface area contributed by atoms with Gasteiger partial charge in [-0.15, -0.1) is 0 Å². The van der Waals surface area contributed by atoms with Crippen LogP contribution in [0.4, 0.5) is 5.69 Å². The molecular formula is C28H30BrN3O5S. The van der Waals surface area contributed by atoms with Gasteiger partial charge in [-0.3, -0.25) is 9.59 Å². The van der Waals surface area contributed by atoms with Crippen LogP contribution < -0.4 is 10.1 Å². The smallest absolute Gasteiger partial charge is 0.314 e. The first kappa shape index (κ1) is 27.8. The molecule has 1 aliphatic rings. The molecule has 2 amide bonds. The third-order valence-corrected chi connectivity index (χ3v) is 8.99. The number of hydrogen-bond donors (Lipinski definition) is 1. The molecule has 0 fully saturated rings. The highest BCUT2D eigenvalue weighted by Gasteiger charge is 2.27. The van der Waals surface area contributed by atoms with Crippen molar-refractivity contribution in [2.75, 3.05) is 25.0 Å². The number of ether oxygens (including phenoxy) is 1. The van der Waals surface area contributed by atoms with E-state index in [0.717, 1.165) is 22.9 Å². The fraction of sp³-hybridized carbons (Fsp3) is 0.286. The van der Waals surface area contributed by atoms with Crippen LogP contribution >= 0.6 is 15.9 Å². The Hall–Kier alpha value is -3.21. The lowest BCUT2D eigenvalue weighted by Gasteiger charge is -2.22. The second kappa shape index (κ2) is 12.1. The number of halogens is 1. The lowest BCUT2D eigenvalue weighted by molar-refractivity contribution is -0.143. The SMILES string of the molecule is CCN(CC)S(=O)(=O)c1ccc(Oc2ccc(Br)cc2)c(NC(=O)C(=O)N2CCCc3ccccc3C2)c1. The minimum Gasteiger partial charge on any atom is -0.455 e. The Labute approximate surface area is 231 Å². The number of rotatable bonds is 7. The van der Waals surface area contributed by atoms with Gasteiger partial charge in [0.05, 0.1) is 10.6 Å². The largest absolute Gasteiger partial charge is 0.455 e. The van der Waals surface area contributed by atoms with Crippen molar-refractivity contribution >= 4 is 43.5 Å². The van der Waals surface area contributed by atoms with E-state index < -0.39 is 21.8 Å². The molecule has 0 atom stereocenters. The molecule has 0 saturated heterocycles. The van der Waals surface area contributed by atoms with E-state index in [1.54, 1.807) is 38.1 Å². The van der Waals surface area contributed by atoms with E-state index in [2.05, 4.69) is 21.2 Å². The molecule has 0 aliphatic carbocycles. The van der Waals surface area contributed by atoms with Gasteiger partial charge in [0.15, 0.2) is 5.75 Å². The summed E-state index contributed by atoms with van der Waals surface area (Å²) in [6, 6.07) is 19.2. The van der Waals surface area contributed by atoms with E-state index in [-0.39, 0.29) is 16.3 Å². The number of nitrogens with zero attached hydrogens (tertiary/aromatic N) is 2. The number of anilines is 1. The van der Waals surface area contributed by atoms with Crippen LogP contribution in [0.2, 0.25) is 0 Å². The van der Waals surface area contributed by atoms with Crippen molar-refractivity contribution in [3.8, 4) is 11.5 Å². The van der Waals surface area contributed by atoms with E-state index in [0.29, 0.717) is 31.9 Å². The zero-order valence-electron chi connectivity index (χ0n) is 21.3. The minimum absolute atomic E-state index is 0.00388. The maximum Gasteiger partial charge on any atom is 0.314 e. The number of carbonyl (C=O) groups excluding carboxylic acids is 2. The van der Waals surface area contributed by atoms with Crippen molar-refractivity contribution in [1.82, 2.24) is 9.21 Å². The highest BCUT2D eigenvalue weighted by molar-refractivity contribution is 9.10. The number of benzene rings is 3. The molecule has 200 valence electrons. The van der Waals surface area contributed by atoms with Crippen LogP contribution in [-0.2, 0) is 32.6 Å². The number of fused-ring (bicyclic) bond motifs is 1. The van der Waals surface area contributed by atoms with Gasteiger partial charge in [0, 0.05) is 30.7 Å². The quantitative estimate of drug-likeness (QED) is 0.377. The third kappa shape index (κ3) is 6.25. The number of nitrogens with one attached hydrogen (secondary N) is 1. The van der Waals surface area contributed by atoms with Crippen LogP contribution in [0.5, 0.6) is 11.5 Å². The summed E-state index contributed by atoms with van der Waals surface area (Å²) in [5.41, 5.74) is 2.27. The van der Waals surface area contributed by atoms with E-state index in [1.165, 1.54) is 33.0 Å². The predicted molar refractivity (Wildman–Crippen MR) is 150 cm³/mol. The van der Waals surface area contributed by atoms with Gasteiger partial charge >= 0.3 is 11.8 Å². The van der Waals surface area contributed by atoms with Crippen molar-refractivity contribution in [1.29, 1.82) is 0 Å². The molecular weight excluding hydrogens is 570 g/mol. The molecule has 10 heteroatoms. The van der Waals surface area contributed by atoms with Crippen LogP contribution in [0, 0.1) is 0 Å². The lowest BCUT2D eigenvalue weighted by atomic mass is 10.0. The van der Waals surface area contributed by atoms with Crippen molar-refractivity contribution in [3.63, 3.8) is 0 Å². The first-order valence-corrected chi connectivity index (χ1v) is 14.7. The highest BCUT2D eigenvalue weighted by atomic mass is 79.9. The van der Waals surface area contributed by atoms with Crippen LogP contribution in [0.3, 0.4) is 0 Å². The van der Waals surface area contributed by atoms with Gasteiger partial charge < -0.3 is 15.0 Å². The number of aryl methyl sites for hydroxylation is 1. The maximum absolute atomic E-state index is 13.2. The Bertz CT molecular complexity index is 1420. The van der Waals surface area contributed by atoms with Gasteiger partial charge in [0.2, 0.25) is 10.0 Å². The molecule has 0 aromatic heterocycles. The van der Waals surface area contributed by atoms with Crippen LogP contribution in [0.15, 0.2) is 76.1 Å². The number of carbonyl (C=O) groups is 2. The fourth-order valence-corrected chi connectivity index (χ4v) is 6.14. The van der Waals surface area contributed by atoms with Crippen molar-refractivity contribution in [3.05, 3.63) is 82.3 Å². The molecule has 0 bridgehead atoms. The Morgan fingerprint density at radius 3 is 2.37 bits per heavy atom. The normalized spacial score (nSPS) is 13.5. The number of sulfonamides is 1. The minimum atomic E-state index is -3.81. The Morgan fingerprint density at radius 1 is 1.00 bits per heavy atom. The number of hydrogen-bond acceptors (Lipinski definition) is 5. The molecule has 1 aliphatic heterocycles. The second-order valence-electron chi connectivity index (χ2n) is 8.86. The summed E-state index contributed by atoms with van der Waals surface area (Å²) >= 11 is 3.38. The predicted octanol–water partition coefficient (Wildman–Crippen LogP) is 5.19. The van der Waals surface area contributed by atoms with E-state index >= 15 is 0 Å². The molecule has 1 heterocycles. The summed E-state index contributed by atoms with van der Waals surface area (Å²) in [5, 5.41) is 2.62. The topological polar surface area (TPSA) is 96.0 Å². The lowest BCUT2D eigenvalue weighted by Crippen LogP contribution is -2.39. The standard InChI is InChI=1S/C28H30BrN3O5S/c1-3-32(4-2)38(35,36)24-15-16-26(37-23-13-11-22(29)12-14-23)25(18-24)30-27(33)28(34)31-17-7-10-20-8-5-6-9-21(20)19-31/h5-6,8-9,11-16,18H,3-4,7,10,17,19H2,1-2H3,(H,30,33). The third-order valence-electron chi connectivity index (χ3n) is 6.42. The van der Waals surface area contributed by atoms with Gasteiger partial charge in [-0.2, -0.15) is 4.31 Å². The summed E-state index contributed by atoms with van der Waals surface area (Å²) in [5.74, 6) is -0.845. The van der Waals surface area contributed by atoms with Gasteiger partial charge in [0.1, 0.15) is 5.75 Å². The van der Waals surface area contributed by atoms with Crippen molar-refractivity contribution in [2.45, 2.75) is 38.1 Å². The molecule has 3 aromatic rings. The Balaban J connectivity index is 1.63. The molecule has 1 N–H and O–H groups in total. The molecule has 3 aromatic carbocycles. The summed E-state index contributed by atoms with van der Waals surface area (Å²) in [6.07, 6.45) is 1.57. The molecule has 0 spiro atoms. The molecule has 0 radical (unpaired) electrons. The van der Waals surface area contributed by atoms with E-state index in [9.17, 15) is 18.0 Å². The van der Waals surface area contributed by atoms with E-state index in [4.69, 9.17) is 4.74 Å². The monoisotopic (exact) mass is 599 g/mol. The molecule has 0 saturated carbocycles. The summed E-state index contributed by atoms with van der Waals surface area (Å²) < 4.78 is 34.5. The van der Waals surface area contributed by atoms with Crippen LogP contribution in [0.25, 0.3) is 0 Å². The van der Waals surface area contributed by atoms with Gasteiger partial charge in [-0.25, -0.2) is 8.42 Å². The van der Waals surface area contributed by atoms with Crippen molar-refractivity contribution < 1.29 is 22.7 Å². The molecule has 4 rings (SSSR count). The fourth-order valence-electron chi connectivity index (χ4n) is 4.39. The second-order valence-corrected chi connectivity index (χ2v) is 11.7. The van der Waals surface area contributed by atoms with Crippen LogP contribution in [0.1, 0.15) is 31.4 Å². The Morgan fingerprint density at radius 2 is 1.68 bits per heavy atom. The zero-order valence-corrected chi connectivity index (χ0v) is 23.7. The van der Waals surface area contributed by atoms with Gasteiger partial charge in [0.25, 0.3) is 0 Å². The maximum atomic E-state index is 13.2. The van der Waals surface area contributed by atoms with Gasteiger partial charge in [-0.05, 0) is 66.4 Å². The summed E-state index contributed by atoms with van der Waals surface area (Å²) in [6.45, 7) is 4.89. The van der Waals surface area contributed by atoms with Crippen LogP contribution in [-0.4, -0.2) is 49.1 Å². The van der Waals surface area contributed by atoms with E-state index in [1.807, 2.05) is 24.3 Å².